The minimum Gasteiger partial charge on any atom is -0.475 e. The number of rotatable bonds is 10. The number of ether oxygens (including phenoxy) is 1. The van der Waals surface area contributed by atoms with Crippen molar-refractivity contribution in [2.24, 2.45) is 21.1 Å². The van der Waals surface area contributed by atoms with Gasteiger partial charge in [0, 0.05) is 73.6 Å². The second-order valence-electron chi connectivity index (χ2n) is 13.4. The number of nitrogens with one attached hydrogen (secondary N) is 1. The van der Waals surface area contributed by atoms with E-state index in [4.69, 9.17) is 21.6 Å². The molecule has 50 heavy (non-hydrogen) atoms. The van der Waals surface area contributed by atoms with Crippen molar-refractivity contribution >= 4 is 46.6 Å². The van der Waals surface area contributed by atoms with E-state index in [9.17, 15) is 9.59 Å². The molecule has 12 heteroatoms. The van der Waals surface area contributed by atoms with Crippen LogP contribution in [0.5, 0.6) is 5.88 Å². The Hall–Kier alpha value is -5.36. The summed E-state index contributed by atoms with van der Waals surface area (Å²) in [5.41, 5.74) is 17.6. The van der Waals surface area contributed by atoms with Crippen LogP contribution in [0.2, 0.25) is 0 Å². The van der Waals surface area contributed by atoms with Gasteiger partial charge in [0.05, 0.1) is 23.8 Å². The van der Waals surface area contributed by atoms with Crippen molar-refractivity contribution in [3.63, 3.8) is 0 Å². The van der Waals surface area contributed by atoms with Crippen LogP contribution in [0.3, 0.4) is 0 Å². The van der Waals surface area contributed by atoms with Gasteiger partial charge in [-0.25, -0.2) is 9.98 Å². The maximum atomic E-state index is 14.0. The van der Waals surface area contributed by atoms with Gasteiger partial charge in [0.1, 0.15) is 12.2 Å². The van der Waals surface area contributed by atoms with Crippen LogP contribution in [-0.2, 0) is 9.59 Å². The first kappa shape index (κ1) is 34.5. The van der Waals surface area contributed by atoms with Gasteiger partial charge in [-0.05, 0) is 75.1 Å². The Kier molecular flexibility index (Phi) is 10.1. The fourth-order valence-electron chi connectivity index (χ4n) is 6.99. The predicted molar refractivity (Wildman–Crippen MR) is 198 cm³/mol. The molecule has 6 rings (SSSR count). The zero-order chi connectivity index (χ0) is 35.4. The van der Waals surface area contributed by atoms with Crippen molar-refractivity contribution in [1.82, 2.24) is 14.8 Å². The van der Waals surface area contributed by atoms with Gasteiger partial charge in [-0.1, -0.05) is 30.3 Å². The van der Waals surface area contributed by atoms with Gasteiger partial charge in [-0.2, -0.15) is 0 Å². The molecule has 4 heterocycles. The third-order valence-corrected chi connectivity index (χ3v) is 9.73. The summed E-state index contributed by atoms with van der Waals surface area (Å²) < 4.78 is 5.72. The van der Waals surface area contributed by atoms with E-state index >= 15 is 0 Å². The Morgan fingerprint density at radius 2 is 1.86 bits per heavy atom. The van der Waals surface area contributed by atoms with Crippen LogP contribution in [0.25, 0.3) is 5.57 Å². The van der Waals surface area contributed by atoms with Gasteiger partial charge in [-0.3, -0.25) is 24.9 Å². The lowest BCUT2D eigenvalue weighted by atomic mass is 9.85. The molecule has 1 aromatic heterocycles. The van der Waals surface area contributed by atoms with Crippen molar-refractivity contribution in [3.8, 4) is 5.88 Å². The van der Waals surface area contributed by atoms with Crippen LogP contribution in [-0.4, -0.2) is 96.9 Å². The van der Waals surface area contributed by atoms with Gasteiger partial charge >= 0.3 is 0 Å². The lowest BCUT2D eigenvalue weighted by molar-refractivity contribution is -0.132. The summed E-state index contributed by atoms with van der Waals surface area (Å²) >= 11 is 0. The van der Waals surface area contributed by atoms with E-state index in [1.54, 1.807) is 31.4 Å². The van der Waals surface area contributed by atoms with Crippen molar-refractivity contribution in [3.05, 3.63) is 89.1 Å². The predicted octanol–water partition coefficient (Wildman–Crippen LogP) is 3.98. The molecule has 0 radical (unpaired) electrons. The fraction of sp³-hybridized carbons (Fsp3) is 0.368. The lowest BCUT2D eigenvalue weighted by Gasteiger charge is -2.29. The van der Waals surface area contributed by atoms with Gasteiger partial charge in [0.2, 0.25) is 17.7 Å². The molecule has 3 aliphatic heterocycles. The van der Waals surface area contributed by atoms with Crippen LogP contribution < -0.4 is 21.1 Å². The number of anilines is 2. The van der Waals surface area contributed by atoms with Crippen molar-refractivity contribution < 1.29 is 14.3 Å². The molecular formula is C38H45N9O3. The molecule has 3 aliphatic rings. The Morgan fingerprint density at radius 3 is 2.58 bits per heavy atom. The molecule has 0 aliphatic carbocycles. The fourth-order valence-corrected chi connectivity index (χ4v) is 6.99. The minimum atomic E-state index is -0.526. The second-order valence-corrected chi connectivity index (χ2v) is 13.4. The highest BCUT2D eigenvalue weighted by atomic mass is 16.5. The molecule has 1 spiro atoms. The maximum Gasteiger partial charge on any atom is 0.237 e. The number of pyridine rings is 1. The number of aromatic nitrogens is 1. The van der Waals surface area contributed by atoms with Gasteiger partial charge in [-0.15, -0.1) is 0 Å². The zero-order valence-electron chi connectivity index (χ0n) is 28.9. The Bertz CT molecular complexity index is 1870. The summed E-state index contributed by atoms with van der Waals surface area (Å²) in [6, 6.07) is 16.9. The van der Waals surface area contributed by atoms with Gasteiger partial charge in [0.15, 0.2) is 0 Å². The molecule has 260 valence electrons. The number of nitrogens with two attached hydrogens (primary N) is 2. The minimum absolute atomic E-state index is 0.0440. The molecule has 2 fully saturated rings. The molecule has 0 saturated carbocycles. The van der Waals surface area contributed by atoms with E-state index in [0.717, 1.165) is 23.2 Å². The Morgan fingerprint density at radius 1 is 1.08 bits per heavy atom. The molecule has 2 aromatic carbocycles. The molecule has 0 bridgehead atoms. The normalized spacial score (nSPS) is 20.0. The van der Waals surface area contributed by atoms with Crippen molar-refractivity contribution in [2.75, 3.05) is 56.9 Å². The average Bonchev–Trinajstić information content (AvgIpc) is 3.68. The third kappa shape index (κ3) is 7.30. The quantitative estimate of drug-likeness (QED) is 0.166. The van der Waals surface area contributed by atoms with Crippen LogP contribution in [0.1, 0.15) is 55.4 Å². The molecule has 1 atom stereocenters. The first-order valence-corrected chi connectivity index (χ1v) is 17.0. The summed E-state index contributed by atoms with van der Waals surface area (Å²) in [6.45, 7) is 7.17. The zero-order valence-corrected chi connectivity index (χ0v) is 28.9. The van der Waals surface area contributed by atoms with E-state index in [1.165, 1.54) is 11.9 Å². The van der Waals surface area contributed by atoms with Crippen LogP contribution >= 0.6 is 0 Å². The molecule has 0 unspecified atom stereocenters. The van der Waals surface area contributed by atoms with Crippen LogP contribution in [0.4, 0.5) is 11.4 Å². The Labute approximate surface area is 293 Å². The number of nitrogens with zero attached hydrogens (tertiary/aromatic N) is 6. The van der Waals surface area contributed by atoms with E-state index in [2.05, 4.69) is 25.9 Å². The van der Waals surface area contributed by atoms with Gasteiger partial charge in [0.25, 0.3) is 0 Å². The van der Waals surface area contributed by atoms with E-state index in [-0.39, 0.29) is 23.6 Å². The summed E-state index contributed by atoms with van der Waals surface area (Å²) in [4.78, 5) is 45.4. The molecular weight excluding hydrogens is 630 g/mol. The number of hydrogen-bond donors (Lipinski definition) is 3. The first-order valence-electron chi connectivity index (χ1n) is 17.0. The lowest BCUT2D eigenvalue weighted by Crippen LogP contribution is -2.43. The number of amidine groups is 1. The Balaban J connectivity index is 1.06. The largest absolute Gasteiger partial charge is 0.475 e. The number of carbonyl (C=O) groups is 2. The monoisotopic (exact) mass is 675 g/mol. The molecule has 2 saturated heterocycles. The number of carbonyl (C=O) groups excluding carboxylic acids is 2. The maximum absolute atomic E-state index is 14.0. The highest BCUT2D eigenvalue weighted by Crippen LogP contribution is 2.43. The van der Waals surface area contributed by atoms with Crippen LogP contribution in [0.15, 0.2) is 76.9 Å². The number of amides is 2. The summed E-state index contributed by atoms with van der Waals surface area (Å²) in [7, 11) is 1.65. The number of nitrogen functional groups attached to an aromatic ring is 1. The summed E-state index contributed by atoms with van der Waals surface area (Å²) in [6.07, 6.45) is 7.31. The molecule has 3 aromatic rings. The number of likely N-dealkylation sites (tertiary alicyclic amines) is 1. The highest BCUT2D eigenvalue weighted by molar-refractivity contribution is 6.15. The van der Waals surface area contributed by atoms with Crippen molar-refractivity contribution in [2.45, 2.75) is 39.2 Å². The van der Waals surface area contributed by atoms with E-state index in [1.807, 2.05) is 60.0 Å². The highest BCUT2D eigenvalue weighted by Gasteiger charge is 2.51. The SMILES string of the molecule is CN=CN=C(N)c1ccc(C2=CCN(C(=O)CN3CC[C@]4(CCN(c5ccc(N)c(C(=N)c6ccnc(OC(C)C)c6)c5)C4=O)C3)CC2)cc1. The molecule has 12 nitrogen and oxygen atoms in total. The van der Waals surface area contributed by atoms with E-state index < -0.39 is 5.41 Å². The first-order chi connectivity index (χ1) is 24.1. The third-order valence-electron chi connectivity index (χ3n) is 9.73. The topological polar surface area (TPSA) is 167 Å². The number of aliphatic imine (C=N–C) groups is 2. The molecule has 5 N–H and O–H groups in total. The number of hydrogen-bond acceptors (Lipinski definition) is 8. The van der Waals surface area contributed by atoms with Crippen molar-refractivity contribution in [1.29, 1.82) is 5.41 Å². The number of benzene rings is 2. The van der Waals surface area contributed by atoms with Crippen LogP contribution in [0, 0.1) is 10.8 Å². The molecule has 2 amide bonds. The smallest absolute Gasteiger partial charge is 0.237 e. The summed E-state index contributed by atoms with van der Waals surface area (Å²) in [5, 5.41) is 8.92. The standard InChI is InChI=1S/C38H45N9O3/c1-25(2)50-33-20-29(10-15-43-33)35(40)31-21-30(8-9-32(31)39)47-19-14-38(37(47)49)13-18-45(23-38)22-34(48)46-16-11-27(12-17-46)26-4-6-28(7-5-26)36(41)44-24-42-3/h4-11,15,20-21,24-25,40H,12-14,16-19,22-23,39H2,1-3H3,(H2,41,42,44)/t38-/m0/s1. The second kappa shape index (κ2) is 14.6. The van der Waals surface area contributed by atoms with Gasteiger partial charge < -0.3 is 26.0 Å². The summed E-state index contributed by atoms with van der Waals surface area (Å²) in [5.74, 6) is 1.000. The van der Waals surface area contributed by atoms with E-state index in [0.29, 0.717) is 80.6 Å². The average molecular weight is 676 g/mol.